The molecule has 1 heterocycles. The Bertz CT molecular complexity index is 743. The molecular formula is C18H16BNO3. The van der Waals surface area contributed by atoms with Crippen molar-refractivity contribution in [3.63, 3.8) is 0 Å². The zero-order valence-electron chi connectivity index (χ0n) is 12.5. The molecule has 23 heavy (non-hydrogen) atoms. The smallest absolute Gasteiger partial charge is 0.489 e. The van der Waals surface area contributed by atoms with Gasteiger partial charge in [-0.3, -0.25) is 4.98 Å². The Hall–Kier alpha value is -2.63. The highest BCUT2D eigenvalue weighted by molar-refractivity contribution is 6.58. The van der Waals surface area contributed by atoms with Gasteiger partial charge in [0.15, 0.2) is 0 Å². The van der Waals surface area contributed by atoms with Crippen LogP contribution in [0.1, 0.15) is 5.56 Å². The molecular weight excluding hydrogens is 289 g/mol. The van der Waals surface area contributed by atoms with E-state index in [1.54, 1.807) is 12.1 Å². The summed E-state index contributed by atoms with van der Waals surface area (Å²) in [6, 6.07) is 21.1. The molecule has 0 amide bonds. The molecule has 1 aromatic heterocycles. The SMILES string of the molecule is OB(O)c1ccc(-c2ccc(OCc3ccccc3)cc2)nc1. The number of aromatic nitrogens is 1. The number of hydrogen-bond donors (Lipinski definition) is 2. The van der Waals surface area contributed by atoms with E-state index in [1.807, 2.05) is 54.6 Å². The van der Waals surface area contributed by atoms with Gasteiger partial charge in [-0.15, -0.1) is 0 Å². The van der Waals surface area contributed by atoms with E-state index in [9.17, 15) is 0 Å². The average Bonchev–Trinajstić information content (AvgIpc) is 2.61. The van der Waals surface area contributed by atoms with E-state index >= 15 is 0 Å². The molecule has 0 bridgehead atoms. The summed E-state index contributed by atoms with van der Waals surface area (Å²) in [5.41, 5.74) is 3.20. The summed E-state index contributed by atoms with van der Waals surface area (Å²) in [5.74, 6) is 0.792. The minimum Gasteiger partial charge on any atom is -0.489 e. The van der Waals surface area contributed by atoms with Crippen molar-refractivity contribution in [3.8, 4) is 17.0 Å². The number of nitrogens with zero attached hydrogens (tertiary/aromatic N) is 1. The Balaban J connectivity index is 1.67. The summed E-state index contributed by atoms with van der Waals surface area (Å²) in [5, 5.41) is 18.1. The summed E-state index contributed by atoms with van der Waals surface area (Å²) in [7, 11) is -1.50. The predicted octanol–water partition coefficient (Wildman–Crippen LogP) is 2.01. The molecule has 0 aliphatic carbocycles. The molecule has 0 saturated heterocycles. The molecule has 0 fully saturated rings. The lowest BCUT2D eigenvalue weighted by Crippen LogP contribution is -2.29. The van der Waals surface area contributed by atoms with Gasteiger partial charge in [0, 0.05) is 17.2 Å². The summed E-state index contributed by atoms with van der Waals surface area (Å²) >= 11 is 0. The second-order valence-corrected chi connectivity index (χ2v) is 5.15. The highest BCUT2D eigenvalue weighted by Crippen LogP contribution is 2.20. The van der Waals surface area contributed by atoms with Crippen molar-refractivity contribution in [3.05, 3.63) is 78.5 Å². The van der Waals surface area contributed by atoms with Crippen LogP contribution in [0.2, 0.25) is 0 Å². The third-order valence-corrected chi connectivity index (χ3v) is 3.48. The Morgan fingerprint density at radius 1 is 0.870 bits per heavy atom. The van der Waals surface area contributed by atoms with Crippen molar-refractivity contribution in [1.82, 2.24) is 4.98 Å². The Morgan fingerprint density at radius 2 is 1.61 bits per heavy atom. The third-order valence-electron chi connectivity index (χ3n) is 3.48. The van der Waals surface area contributed by atoms with Crippen LogP contribution in [0.25, 0.3) is 11.3 Å². The van der Waals surface area contributed by atoms with E-state index in [2.05, 4.69) is 4.98 Å². The van der Waals surface area contributed by atoms with E-state index in [0.717, 1.165) is 22.6 Å². The van der Waals surface area contributed by atoms with Crippen LogP contribution in [-0.2, 0) is 6.61 Å². The van der Waals surface area contributed by atoms with Crippen LogP contribution in [0.15, 0.2) is 72.9 Å². The first-order valence-corrected chi connectivity index (χ1v) is 7.31. The Kier molecular flexibility index (Phi) is 4.71. The van der Waals surface area contributed by atoms with Crippen molar-refractivity contribution >= 4 is 12.6 Å². The minimum absolute atomic E-state index is 0.372. The van der Waals surface area contributed by atoms with Crippen LogP contribution in [0.3, 0.4) is 0 Å². The molecule has 0 atom stereocenters. The van der Waals surface area contributed by atoms with Gasteiger partial charge in [0.25, 0.3) is 0 Å². The lowest BCUT2D eigenvalue weighted by molar-refractivity contribution is 0.306. The number of pyridine rings is 1. The molecule has 3 rings (SSSR count). The van der Waals surface area contributed by atoms with Gasteiger partial charge in [-0.2, -0.15) is 0 Å². The van der Waals surface area contributed by atoms with E-state index in [4.69, 9.17) is 14.8 Å². The molecule has 0 unspecified atom stereocenters. The fraction of sp³-hybridized carbons (Fsp3) is 0.0556. The van der Waals surface area contributed by atoms with Gasteiger partial charge in [-0.05, 0) is 35.9 Å². The maximum Gasteiger partial charge on any atom is 0.490 e. The maximum atomic E-state index is 9.07. The fourth-order valence-corrected chi connectivity index (χ4v) is 2.19. The van der Waals surface area contributed by atoms with E-state index in [-0.39, 0.29) is 0 Å². The monoisotopic (exact) mass is 305 g/mol. The van der Waals surface area contributed by atoms with Crippen molar-refractivity contribution < 1.29 is 14.8 Å². The van der Waals surface area contributed by atoms with Crippen LogP contribution in [0.5, 0.6) is 5.75 Å². The molecule has 4 nitrogen and oxygen atoms in total. The summed E-state index contributed by atoms with van der Waals surface area (Å²) in [6.07, 6.45) is 1.46. The zero-order chi connectivity index (χ0) is 16.1. The third kappa shape index (κ3) is 3.97. The standard InChI is InChI=1S/C18H16BNO3/c21-19(22)16-8-11-18(20-12-16)15-6-9-17(10-7-15)23-13-14-4-2-1-3-5-14/h1-12,21-22H,13H2. The zero-order valence-corrected chi connectivity index (χ0v) is 12.5. The van der Waals surface area contributed by atoms with E-state index in [0.29, 0.717) is 12.1 Å². The number of ether oxygens (including phenoxy) is 1. The van der Waals surface area contributed by atoms with Crippen LogP contribution >= 0.6 is 0 Å². The van der Waals surface area contributed by atoms with Crippen LogP contribution in [0.4, 0.5) is 0 Å². The molecule has 2 N–H and O–H groups in total. The number of benzene rings is 2. The van der Waals surface area contributed by atoms with Crippen LogP contribution in [-0.4, -0.2) is 22.2 Å². The van der Waals surface area contributed by atoms with Crippen molar-refractivity contribution in [1.29, 1.82) is 0 Å². The molecule has 0 aliphatic heterocycles. The first-order valence-electron chi connectivity index (χ1n) is 7.31. The molecule has 3 aromatic rings. The number of hydrogen-bond acceptors (Lipinski definition) is 4. The van der Waals surface area contributed by atoms with Crippen LogP contribution in [0, 0.1) is 0 Å². The first-order chi connectivity index (χ1) is 11.2. The maximum absolute atomic E-state index is 9.07. The molecule has 5 heteroatoms. The van der Waals surface area contributed by atoms with Crippen molar-refractivity contribution in [2.75, 3.05) is 0 Å². The van der Waals surface area contributed by atoms with Gasteiger partial charge in [-0.1, -0.05) is 36.4 Å². The normalized spacial score (nSPS) is 10.3. The molecule has 0 saturated carbocycles. The highest BCUT2D eigenvalue weighted by atomic mass is 16.5. The quantitative estimate of drug-likeness (QED) is 0.708. The van der Waals surface area contributed by atoms with Gasteiger partial charge < -0.3 is 14.8 Å². The molecule has 0 spiro atoms. The molecule has 114 valence electrons. The van der Waals surface area contributed by atoms with Crippen LogP contribution < -0.4 is 10.2 Å². The lowest BCUT2D eigenvalue weighted by atomic mass is 9.81. The first kappa shape index (κ1) is 15.3. The van der Waals surface area contributed by atoms with Gasteiger partial charge in [-0.25, -0.2) is 0 Å². The predicted molar refractivity (Wildman–Crippen MR) is 90.3 cm³/mol. The summed E-state index contributed by atoms with van der Waals surface area (Å²) in [4.78, 5) is 4.23. The highest BCUT2D eigenvalue weighted by Gasteiger charge is 2.11. The molecule has 0 radical (unpaired) electrons. The second kappa shape index (κ2) is 7.09. The second-order valence-electron chi connectivity index (χ2n) is 5.15. The van der Waals surface area contributed by atoms with E-state index < -0.39 is 7.12 Å². The summed E-state index contributed by atoms with van der Waals surface area (Å²) < 4.78 is 5.75. The largest absolute Gasteiger partial charge is 0.490 e. The van der Waals surface area contributed by atoms with Gasteiger partial charge in [0.2, 0.25) is 0 Å². The lowest BCUT2D eigenvalue weighted by Gasteiger charge is -2.07. The topological polar surface area (TPSA) is 62.6 Å². The Morgan fingerprint density at radius 3 is 2.22 bits per heavy atom. The van der Waals surface area contributed by atoms with Crippen molar-refractivity contribution in [2.24, 2.45) is 0 Å². The van der Waals surface area contributed by atoms with Crippen molar-refractivity contribution in [2.45, 2.75) is 6.61 Å². The van der Waals surface area contributed by atoms with Gasteiger partial charge >= 0.3 is 7.12 Å². The van der Waals surface area contributed by atoms with Gasteiger partial charge in [0.05, 0.1) is 5.69 Å². The number of rotatable bonds is 5. The summed E-state index contributed by atoms with van der Waals surface area (Å²) in [6.45, 7) is 0.529. The molecule has 0 aliphatic rings. The van der Waals surface area contributed by atoms with Gasteiger partial charge in [0.1, 0.15) is 12.4 Å². The Labute approximate surface area is 135 Å². The average molecular weight is 305 g/mol. The molecule has 2 aromatic carbocycles. The van der Waals surface area contributed by atoms with E-state index in [1.165, 1.54) is 6.20 Å². The minimum atomic E-state index is -1.50. The fourth-order valence-electron chi connectivity index (χ4n) is 2.19.